The summed E-state index contributed by atoms with van der Waals surface area (Å²) in [6, 6.07) is 6.48. The number of aromatic nitrogens is 2. The average molecular weight is 434 g/mol. The second kappa shape index (κ2) is 7.44. The lowest BCUT2D eigenvalue weighted by atomic mass is 9.72. The third kappa shape index (κ3) is 2.86. The molecule has 1 aliphatic carbocycles. The maximum absolute atomic E-state index is 12.0. The molecule has 2 fully saturated rings. The Labute approximate surface area is 188 Å². The molecular weight excluding hydrogens is 402 g/mol. The zero-order valence-corrected chi connectivity index (χ0v) is 18.7. The molecule has 6 rings (SSSR count). The maximum Gasteiger partial charge on any atom is 0.407 e. The second-order valence-corrected chi connectivity index (χ2v) is 9.99. The number of piperidine rings is 1. The average Bonchev–Trinajstić information content (AvgIpc) is 3.52. The van der Waals surface area contributed by atoms with E-state index in [1.807, 2.05) is 0 Å². The summed E-state index contributed by atoms with van der Waals surface area (Å²) in [5.41, 5.74) is 6.34. The Morgan fingerprint density at radius 3 is 2.88 bits per heavy atom. The Balaban J connectivity index is 1.52. The van der Waals surface area contributed by atoms with Crippen molar-refractivity contribution in [3.8, 4) is 0 Å². The van der Waals surface area contributed by atoms with E-state index in [1.54, 1.807) is 11.2 Å². The van der Waals surface area contributed by atoms with Crippen LogP contribution in [0.3, 0.4) is 0 Å². The summed E-state index contributed by atoms with van der Waals surface area (Å²) in [6.45, 7) is 5.81. The number of hydrogen-bond acceptors (Lipinski definition) is 5. The number of benzene rings is 1. The smallest absolute Gasteiger partial charge is 0.407 e. The van der Waals surface area contributed by atoms with Gasteiger partial charge in [0, 0.05) is 35.4 Å². The van der Waals surface area contributed by atoms with Crippen LogP contribution < -0.4 is 10.2 Å². The minimum absolute atomic E-state index is 0.0314. The van der Waals surface area contributed by atoms with Gasteiger partial charge in [-0.15, -0.1) is 0 Å². The number of nitrogens with one attached hydrogen (secondary N) is 1. The van der Waals surface area contributed by atoms with Crippen molar-refractivity contribution in [1.29, 1.82) is 0 Å². The lowest BCUT2D eigenvalue weighted by Gasteiger charge is -2.37. The van der Waals surface area contributed by atoms with E-state index in [-0.39, 0.29) is 11.5 Å². The second-order valence-electron chi connectivity index (χ2n) is 9.99. The third-order valence-corrected chi connectivity index (χ3v) is 8.28. The molecule has 168 valence electrons. The van der Waals surface area contributed by atoms with Crippen LogP contribution in [0.2, 0.25) is 0 Å². The SMILES string of the molecule is CC1CCc2ncnc(N3CC4(CCNCC4)c4c(C5CCCN5C(=O)O)cccc43)c21. The van der Waals surface area contributed by atoms with Crippen LogP contribution in [0.1, 0.15) is 73.4 Å². The molecule has 0 bridgehead atoms. The van der Waals surface area contributed by atoms with E-state index in [9.17, 15) is 9.90 Å². The van der Waals surface area contributed by atoms with Gasteiger partial charge in [0.15, 0.2) is 0 Å². The van der Waals surface area contributed by atoms with Crippen molar-refractivity contribution in [2.45, 2.75) is 62.8 Å². The molecule has 1 aromatic heterocycles. The number of rotatable bonds is 2. The predicted molar refractivity (Wildman–Crippen MR) is 123 cm³/mol. The van der Waals surface area contributed by atoms with Gasteiger partial charge in [0.2, 0.25) is 0 Å². The highest BCUT2D eigenvalue weighted by Crippen LogP contribution is 2.54. The lowest BCUT2D eigenvalue weighted by Crippen LogP contribution is -2.43. The molecule has 4 heterocycles. The van der Waals surface area contributed by atoms with Gasteiger partial charge in [-0.3, -0.25) is 0 Å². The predicted octanol–water partition coefficient (Wildman–Crippen LogP) is 4.11. The Bertz CT molecular complexity index is 1060. The largest absolute Gasteiger partial charge is 0.465 e. The quantitative estimate of drug-likeness (QED) is 0.742. The van der Waals surface area contributed by atoms with Crippen LogP contribution in [0.25, 0.3) is 0 Å². The minimum Gasteiger partial charge on any atom is -0.465 e. The van der Waals surface area contributed by atoms with Crippen LogP contribution in [-0.4, -0.2) is 52.2 Å². The van der Waals surface area contributed by atoms with Crippen molar-refractivity contribution in [3.63, 3.8) is 0 Å². The highest BCUT2D eigenvalue weighted by molar-refractivity contribution is 5.76. The standard InChI is InChI=1S/C25H31N5O2/c1-16-7-8-18-21(16)23(28-15-27-18)30-14-25(9-11-26-12-10-25)22-17(4-2-5-20(22)30)19-6-3-13-29(19)24(31)32/h2,4-5,15-16,19,26H,3,6-14H2,1H3,(H,31,32). The maximum atomic E-state index is 12.0. The van der Waals surface area contributed by atoms with Gasteiger partial charge in [-0.1, -0.05) is 19.1 Å². The van der Waals surface area contributed by atoms with Crippen LogP contribution in [0.4, 0.5) is 16.3 Å². The van der Waals surface area contributed by atoms with Gasteiger partial charge in [-0.2, -0.15) is 0 Å². The van der Waals surface area contributed by atoms with Crippen LogP contribution >= 0.6 is 0 Å². The summed E-state index contributed by atoms with van der Waals surface area (Å²) < 4.78 is 0. The molecule has 0 saturated carbocycles. The summed E-state index contributed by atoms with van der Waals surface area (Å²) in [5, 5.41) is 13.4. The number of aryl methyl sites for hydroxylation is 1. The molecule has 7 heteroatoms. The highest BCUT2D eigenvalue weighted by Gasteiger charge is 2.48. The van der Waals surface area contributed by atoms with E-state index in [0.717, 1.165) is 64.0 Å². The van der Waals surface area contributed by atoms with Crippen LogP contribution in [0.5, 0.6) is 0 Å². The van der Waals surface area contributed by atoms with E-state index in [2.05, 4.69) is 40.3 Å². The first-order valence-electron chi connectivity index (χ1n) is 12.0. The molecule has 7 nitrogen and oxygen atoms in total. The topological polar surface area (TPSA) is 81.6 Å². The fraction of sp³-hybridized carbons (Fsp3) is 0.560. The Morgan fingerprint density at radius 1 is 1.22 bits per heavy atom. The Kier molecular flexibility index (Phi) is 4.64. The van der Waals surface area contributed by atoms with E-state index in [1.165, 1.54) is 28.1 Å². The van der Waals surface area contributed by atoms with Crippen molar-refractivity contribution in [1.82, 2.24) is 20.2 Å². The van der Waals surface area contributed by atoms with Crippen molar-refractivity contribution in [2.75, 3.05) is 31.1 Å². The van der Waals surface area contributed by atoms with E-state index >= 15 is 0 Å². The summed E-state index contributed by atoms with van der Waals surface area (Å²) in [4.78, 5) is 25.5. The van der Waals surface area contributed by atoms with E-state index in [0.29, 0.717) is 12.5 Å². The molecule has 1 aromatic carbocycles. The van der Waals surface area contributed by atoms with Crippen molar-refractivity contribution in [3.05, 3.63) is 46.9 Å². The number of nitrogens with zero attached hydrogens (tertiary/aromatic N) is 4. The number of carboxylic acid groups (broad SMARTS) is 1. The summed E-state index contributed by atoms with van der Waals surface area (Å²) >= 11 is 0. The minimum atomic E-state index is -0.804. The molecular formula is C25H31N5O2. The lowest BCUT2D eigenvalue weighted by molar-refractivity contribution is 0.140. The van der Waals surface area contributed by atoms with Gasteiger partial charge < -0.3 is 20.2 Å². The summed E-state index contributed by atoms with van der Waals surface area (Å²) in [5.74, 6) is 1.53. The molecule has 32 heavy (non-hydrogen) atoms. The number of hydrogen-bond donors (Lipinski definition) is 2. The molecule has 2 N–H and O–H groups in total. The molecule has 0 radical (unpaired) electrons. The molecule has 4 aliphatic rings. The zero-order valence-electron chi connectivity index (χ0n) is 18.7. The molecule has 2 saturated heterocycles. The fourth-order valence-corrected chi connectivity index (χ4v) is 6.76. The molecule has 2 unspecified atom stereocenters. The molecule has 3 aliphatic heterocycles. The zero-order chi connectivity index (χ0) is 21.9. The number of carbonyl (C=O) groups is 1. The van der Waals surface area contributed by atoms with Crippen molar-refractivity contribution in [2.24, 2.45) is 0 Å². The van der Waals surface area contributed by atoms with Gasteiger partial charge in [-0.25, -0.2) is 14.8 Å². The van der Waals surface area contributed by atoms with Gasteiger partial charge in [0.25, 0.3) is 0 Å². The summed E-state index contributed by atoms with van der Waals surface area (Å²) in [7, 11) is 0. The van der Waals surface area contributed by atoms with Crippen LogP contribution in [0, 0.1) is 0 Å². The first-order valence-corrected chi connectivity index (χ1v) is 12.0. The molecule has 1 amide bonds. The third-order valence-electron chi connectivity index (χ3n) is 8.28. The fourth-order valence-electron chi connectivity index (χ4n) is 6.76. The number of fused-ring (bicyclic) bond motifs is 3. The van der Waals surface area contributed by atoms with Crippen molar-refractivity contribution < 1.29 is 9.90 Å². The Hall–Kier alpha value is -2.67. The highest BCUT2D eigenvalue weighted by atomic mass is 16.4. The molecule has 1 spiro atoms. The number of anilines is 2. The van der Waals surface area contributed by atoms with Crippen LogP contribution in [0.15, 0.2) is 24.5 Å². The molecule has 2 aromatic rings. The van der Waals surface area contributed by atoms with Gasteiger partial charge in [0.05, 0.1) is 6.04 Å². The van der Waals surface area contributed by atoms with E-state index < -0.39 is 6.09 Å². The summed E-state index contributed by atoms with van der Waals surface area (Å²) in [6.07, 6.45) is 7.04. The van der Waals surface area contributed by atoms with Crippen LogP contribution in [-0.2, 0) is 11.8 Å². The first-order chi connectivity index (χ1) is 15.6. The van der Waals surface area contributed by atoms with Gasteiger partial charge in [0.1, 0.15) is 12.1 Å². The Morgan fingerprint density at radius 2 is 2.06 bits per heavy atom. The number of likely N-dealkylation sites (tertiary alicyclic amines) is 1. The number of amides is 1. The van der Waals surface area contributed by atoms with E-state index in [4.69, 9.17) is 4.98 Å². The van der Waals surface area contributed by atoms with Crippen molar-refractivity contribution >= 4 is 17.6 Å². The van der Waals surface area contributed by atoms with Gasteiger partial charge in [-0.05, 0) is 74.7 Å². The normalized spacial score (nSPS) is 25.9. The van der Waals surface area contributed by atoms with Gasteiger partial charge >= 0.3 is 6.09 Å². The molecule has 2 atom stereocenters. The monoisotopic (exact) mass is 433 g/mol. The first kappa shape index (κ1) is 20.0.